The van der Waals surface area contributed by atoms with Gasteiger partial charge in [-0.1, -0.05) is 29.8 Å². The highest BCUT2D eigenvalue weighted by Crippen LogP contribution is 2.25. The van der Waals surface area contributed by atoms with Gasteiger partial charge in [-0.15, -0.1) is 0 Å². The van der Waals surface area contributed by atoms with Crippen molar-refractivity contribution in [3.8, 4) is 16.9 Å². The molecule has 1 aliphatic rings. The second-order valence-electron chi connectivity index (χ2n) is 7.95. The first-order chi connectivity index (χ1) is 14.5. The van der Waals surface area contributed by atoms with E-state index >= 15 is 0 Å². The third-order valence-electron chi connectivity index (χ3n) is 5.66. The second kappa shape index (κ2) is 8.79. The fourth-order valence-corrected chi connectivity index (χ4v) is 3.79. The van der Waals surface area contributed by atoms with Gasteiger partial charge < -0.3 is 9.80 Å². The normalized spacial score (nSPS) is 14.2. The molecule has 0 atom stereocenters. The number of carbonyl (C=O) groups is 1. The number of carbonyl (C=O) groups excluding carboxylic acids is 1. The first-order valence-corrected chi connectivity index (χ1v) is 10.4. The lowest BCUT2D eigenvalue weighted by atomic mass is 10.1. The number of likely N-dealkylation sites (N-methyl/N-ethyl adjacent to an activating group) is 1. The molecule has 0 unspecified atom stereocenters. The third-order valence-corrected chi connectivity index (χ3v) is 5.66. The number of aryl methyl sites for hydroxylation is 1. The summed E-state index contributed by atoms with van der Waals surface area (Å²) in [4.78, 5) is 17.5. The second-order valence-corrected chi connectivity index (χ2v) is 7.95. The van der Waals surface area contributed by atoms with Crippen molar-refractivity contribution in [1.29, 1.82) is 0 Å². The first-order valence-electron chi connectivity index (χ1n) is 10.4. The highest BCUT2D eigenvalue weighted by Gasteiger charge is 2.22. The number of halogens is 1. The van der Waals surface area contributed by atoms with Crippen molar-refractivity contribution < 1.29 is 9.18 Å². The minimum absolute atomic E-state index is 0.0573. The maximum atomic E-state index is 13.3. The van der Waals surface area contributed by atoms with Crippen molar-refractivity contribution in [2.24, 2.45) is 0 Å². The van der Waals surface area contributed by atoms with Gasteiger partial charge >= 0.3 is 0 Å². The van der Waals surface area contributed by atoms with Crippen molar-refractivity contribution in [3.63, 3.8) is 0 Å². The molecular formula is C24H27FN4O. The molecule has 1 fully saturated rings. The van der Waals surface area contributed by atoms with E-state index in [1.54, 1.807) is 27.9 Å². The highest BCUT2D eigenvalue weighted by molar-refractivity contribution is 5.99. The molecule has 0 radical (unpaired) electrons. The monoisotopic (exact) mass is 406 g/mol. The summed E-state index contributed by atoms with van der Waals surface area (Å²) in [6.07, 6.45) is 4.22. The molecule has 0 spiro atoms. The molecule has 0 saturated carbocycles. The topological polar surface area (TPSA) is 41.4 Å². The van der Waals surface area contributed by atoms with Crippen LogP contribution in [0.4, 0.5) is 4.39 Å². The number of benzene rings is 2. The van der Waals surface area contributed by atoms with Crippen molar-refractivity contribution in [3.05, 3.63) is 71.7 Å². The molecule has 1 aromatic heterocycles. The molecule has 6 heteroatoms. The number of rotatable bonds is 6. The molecule has 3 aromatic rings. The summed E-state index contributed by atoms with van der Waals surface area (Å²) in [6.45, 7) is 5.81. The van der Waals surface area contributed by atoms with Crippen LogP contribution >= 0.6 is 0 Å². The highest BCUT2D eigenvalue weighted by atomic mass is 19.1. The van der Waals surface area contributed by atoms with Crippen LogP contribution in [0.15, 0.2) is 54.7 Å². The lowest BCUT2D eigenvalue weighted by molar-refractivity contribution is 0.0783. The number of hydrogen-bond acceptors (Lipinski definition) is 3. The number of hydrogen-bond donors (Lipinski definition) is 0. The Balaban J connectivity index is 1.64. The molecule has 2 aromatic carbocycles. The van der Waals surface area contributed by atoms with E-state index < -0.39 is 0 Å². The van der Waals surface area contributed by atoms with E-state index in [0.29, 0.717) is 23.5 Å². The minimum atomic E-state index is -0.303. The van der Waals surface area contributed by atoms with Crippen molar-refractivity contribution in [2.75, 3.05) is 33.2 Å². The van der Waals surface area contributed by atoms with E-state index in [2.05, 4.69) is 10.00 Å². The molecule has 1 saturated heterocycles. The average molecular weight is 407 g/mol. The summed E-state index contributed by atoms with van der Waals surface area (Å²) >= 11 is 0. The average Bonchev–Trinajstić information content (AvgIpc) is 3.43. The molecule has 1 amide bonds. The van der Waals surface area contributed by atoms with Crippen LogP contribution in [0.25, 0.3) is 16.9 Å². The zero-order valence-electron chi connectivity index (χ0n) is 17.5. The van der Waals surface area contributed by atoms with E-state index in [1.165, 1.54) is 25.0 Å². The van der Waals surface area contributed by atoms with Gasteiger partial charge in [-0.3, -0.25) is 4.79 Å². The number of likely N-dealkylation sites (tertiary alicyclic amines) is 1. The predicted molar refractivity (Wildman–Crippen MR) is 116 cm³/mol. The number of aromatic nitrogens is 2. The molecule has 2 heterocycles. The minimum Gasteiger partial charge on any atom is -0.340 e. The van der Waals surface area contributed by atoms with Crippen molar-refractivity contribution >= 4 is 5.91 Å². The molecule has 30 heavy (non-hydrogen) atoms. The molecule has 1 aliphatic heterocycles. The molecular weight excluding hydrogens is 379 g/mol. The zero-order chi connectivity index (χ0) is 21.1. The van der Waals surface area contributed by atoms with Crippen molar-refractivity contribution in [1.82, 2.24) is 19.6 Å². The van der Waals surface area contributed by atoms with Gasteiger partial charge in [0.1, 0.15) is 11.5 Å². The van der Waals surface area contributed by atoms with Gasteiger partial charge in [0, 0.05) is 31.9 Å². The largest absolute Gasteiger partial charge is 0.340 e. The third kappa shape index (κ3) is 4.44. The van der Waals surface area contributed by atoms with Crippen LogP contribution in [0.1, 0.15) is 28.8 Å². The van der Waals surface area contributed by atoms with Crippen LogP contribution < -0.4 is 0 Å². The first kappa shape index (κ1) is 20.3. The number of amides is 1. The summed E-state index contributed by atoms with van der Waals surface area (Å²) in [5.74, 6) is -0.360. The Morgan fingerprint density at radius 1 is 1.07 bits per heavy atom. The lowest BCUT2D eigenvalue weighted by Crippen LogP contribution is -2.35. The summed E-state index contributed by atoms with van der Waals surface area (Å²) in [5, 5.41) is 4.69. The van der Waals surface area contributed by atoms with Gasteiger partial charge in [0.15, 0.2) is 0 Å². The van der Waals surface area contributed by atoms with Crippen LogP contribution in [0.2, 0.25) is 0 Å². The van der Waals surface area contributed by atoms with Crippen LogP contribution in [-0.4, -0.2) is 58.7 Å². The molecule has 4 rings (SSSR count). The van der Waals surface area contributed by atoms with Crippen LogP contribution in [0.3, 0.4) is 0 Å². The Bertz CT molecular complexity index is 1000. The van der Waals surface area contributed by atoms with Crippen LogP contribution in [0.5, 0.6) is 0 Å². The summed E-state index contributed by atoms with van der Waals surface area (Å²) in [7, 11) is 1.84. The SMILES string of the molecule is Cc1ccc(-c2nn(-c3ccc(F)cc3)cc2C(=O)N(C)CCN2CCCC2)cc1. The van der Waals surface area contributed by atoms with E-state index in [0.717, 1.165) is 30.8 Å². The molecule has 0 N–H and O–H groups in total. The van der Waals surface area contributed by atoms with E-state index in [9.17, 15) is 9.18 Å². The van der Waals surface area contributed by atoms with Gasteiger partial charge in [0.05, 0.1) is 11.3 Å². The Labute approximate surface area is 176 Å². The Hall–Kier alpha value is -2.99. The fourth-order valence-electron chi connectivity index (χ4n) is 3.79. The Morgan fingerprint density at radius 3 is 2.40 bits per heavy atom. The number of nitrogens with zero attached hydrogens (tertiary/aromatic N) is 4. The summed E-state index contributed by atoms with van der Waals surface area (Å²) in [5.41, 5.74) is 3.93. The quantitative estimate of drug-likeness (QED) is 0.617. The Kier molecular flexibility index (Phi) is 5.95. The van der Waals surface area contributed by atoms with Crippen LogP contribution in [0, 0.1) is 12.7 Å². The van der Waals surface area contributed by atoms with Gasteiger partial charge in [0.25, 0.3) is 5.91 Å². The summed E-state index contributed by atoms with van der Waals surface area (Å²) in [6, 6.07) is 14.1. The van der Waals surface area contributed by atoms with Gasteiger partial charge in [-0.05, 0) is 57.1 Å². The molecule has 156 valence electrons. The molecule has 0 aliphatic carbocycles. The standard InChI is InChI=1S/C24H27FN4O/c1-18-5-7-19(8-6-18)23-22(17-29(26-23)21-11-9-20(25)10-12-21)24(30)27(2)15-16-28-13-3-4-14-28/h5-12,17H,3-4,13-16H2,1-2H3. The smallest absolute Gasteiger partial charge is 0.257 e. The van der Waals surface area contributed by atoms with Gasteiger partial charge in [-0.25, -0.2) is 9.07 Å². The van der Waals surface area contributed by atoms with Gasteiger partial charge in [0.2, 0.25) is 0 Å². The zero-order valence-corrected chi connectivity index (χ0v) is 17.5. The summed E-state index contributed by atoms with van der Waals surface area (Å²) < 4.78 is 15.0. The van der Waals surface area contributed by atoms with Crippen molar-refractivity contribution in [2.45, 2.75) is 19.8 Å². The van der Waals surface area contributed by atoms with Crippen LogP contribution in [-0.2, 0) is 0 Å². The van der Waals surface area contributed by atoms with E-state index in [-0.39, 0.29) is 11.7 Å². The lowest BCUT2D eigenvalue weighted by Gasteiger charge is -2.21. The Morgan fingerprint density at radius 2 is 1.73 bits per heavy atom. The predicted octanol–water partition coefficient (Wildman–Crippen LogP) is 4.15. The maximum absolute atomic E-state index is 13.3. The fraction of sp³-hybridized carbons (Fsp3) is 0.333. The maximum Gasteiger partial charge on any atom is 0.257 e. The molecule has 5 nitrogen and oxygen atoms in total. The van der Waals surface area contributed by atoms with E-state index in [1.807, 2.05) is 38.2 Å². The molecule has 0 bridgehead atoms. The van der Waals surface area contributed by atoms with E-state index in [4.69, 9.17) is 0 Å². The van der Waals surface area contributed by atoms with Gasteiger partial charge in [-0.2, -0.15) is 5.10 Å².